The number of hydrogen-bond donors (Lipinski definition) is 0. The Hall–Kier alpha value is -1.05. The van der Waals surface area contributed by atoms with Crippen molar-refractivity contribution in [2.75, 3.05) is 0 Å². The van der Waals surface area contributed by atoms with Crippen LogP contribution in [-0.2, 0) is 9.53 Å². The van der Waals surface area contributed by atoms with Crippen LogP contribution in [0.15, 0.2) is 24.5 Å². The van der Waals surface area contributed by atoms with Crippen LogP contribution in [0.1, 0.15) is 19.8 Å². The highest BCUT2D eigenvalue weighted by Gasteiger charge is 2.16. The summed E-state index contributed by atoms with van der Waals surface area (Å²) in [5.41, 5.74) is 0. The lowest BCUT2D eigenvalue weighted by Crippen LogP contribution is -1.91. The molecule has 0 N–H and O–H groups in total. The number of ether oxygens (including phenoxy) is 1. The van der Waals surface area contributed by atoms with Gasteiger partial charge in [0.25, 0.3) is 0 Å². The summed E-state index contributed by atoms with van der Waals surface area (Å²) >= 11 is 0. The standard InChI is InChI=1S/C9H12O2/c1-3-7(2)6-8-4-5-9(10)11-8/h3,6-7H,1,4-5H2,2H3/b8-6+. The Morgan fingerprint density at radius 2 is 2.36 bits per heavy atom. The van der Waals surface area contributed by atoms with E-state index in [-0.39, 0.29) is 11.9 Å². The molecule has 60 valence electrons. The highest BCUT2D eigenvalue weighted by Crippen LogP contribution is 2.19. The molecule has 1 aliphatic rings. The number of allylic oxidation sites excluding steroid dienone is 3. The van der Waals surface area contributed by atoms with Crippen molar-refractivity contribution in [2.24, 2.45) is 5.92 Å². The topological polar surface area (TPSA) is 26.3 Å². The highest BCUT2D eigenvalue weighted by atomic mass is 16.5. The van der Waals surface area contributed by atoms with Gasteiger partial charge in [-0.05, 0) is 12.0 Å². The smallest absolute Gasteiger partial charge is 0.311 e. The normalized spacial score (nSPS) is 23.4. The van der Waals surface area contributed by atoms with Gasteiger partial charge in [0.15, 0.2) is 0 Å². The molecule has 0 aromatic heterocycles. The molecule has 11 heavy (non-hydrogen) atoms. The van der Waals surface area contributed by atoms with Gasteiger partial charge in [-0.15, -0.1) is 6.58 Å². The molecule has 2 heteroatoms. The Kier molecular flexibility index (Phi) is 2.47. The molecule has 0 spiro atoms. The zero-order chi connectivity index (χ0) is 8.27. The fourth-order valence-corrected chi connectivity index (χ4v) is 0.952. The van der Waals surface area contributed by atoms with E-state index in [0.717, 1.165) is 12.2 Å². The summed E-state index contributed by atoms with van der Waals surface area (Å²) in [6.07, 6.45) is 5.02. The molecule has 1 atom stereocenters. The van der Waals surface area contributed by atoms with Crippen molar-refractivity contribution in [3.05, 3.63) is 24.5 Å². The average Bonchev–Trinajstić information content (AvgIpc) is 2.35. The number of carbonyl (C=O) groups is 1. The summed E-state index contributed by atoms with van der Waals surface area (Å²) in [5.74, 6) is 0.964. The van der Waals surface area contributed by atoms with E-state index in [4.69, 9.17) is 4.74 Å². The van der Waals surface area contributed by atoms with Gasteiger partial charge < -0.3 is 4.74 Å². The molecule has 1 aliphatic heterocycles. The number of cyclic esters (lactones) is 1. The molecular formula is C9H12O2. The average molecular weight is 152 g/mol. The van der Waals surface area contributed by atoms with E-state index in [1.54, 1.807) is 0 Å². The predicted molar refractivity (Wildman–Crippen MR) is 42.8 cm³/mol. The molecule has 0 aromatic carbocycles. The highest BCUT2D eigenvalue weighted by molar-refractivity contribution is 5.73. The van der Waals surface area contributed by atoms with Gasteiger partial charge in [-0.2, -0.15) is 0 Å². The number of rotatable bonds is 2. The van der Waals surface area contributed by atoms with Crippen LogP contribution in [0.2, 0.25) is 0 Å². The van der Waals surface area contributed by atoms with Crippen molar-refractivity contribution >= 4 is 5.97 Å². The van der Waals surface area contributed by atoms with E-state index < -0.39 is 0 Å². The van der Waals surface area contributed by atoms with Gasteiger partial charge in [0.05, 0.1) is 6.42 Å². The van der Waals surface area contributed by atoms with Crippen molar-refractivity contribution < 1.29 is 9.53 Å². The number of esters is 1. The maximum atomic E-state index is 10.6. The Bertz CT molecular complexity index is 204. The quantitative estimate of drug-likeness (QED) is 0.447. The summed E-state index contributed by atoms with van der Waals surface area (Å²) in [5, 5.41) is 0. The lowest BCUT2D eigenvalue weighted by Gasteiger charge is -1.99. The van der Waals surface area contributed by atoms with Crippen molar-refractivity contribution in [1.29, 1.82) is 0 Å². The third kappa shape index (κ3) is 2.22. The summed E-state index contributed by atoms with van der Waals surface area (Å²) in [6.45, 7) is 5.64. The minimum Gasteiger partial charge on any atom is -0.431 e. The number of hydrogen-bond acceptors (Lipinski definition) is 2. The molecule has 0 aliphatic carbocycles. The lowest BCUT2D eigenvalue weighted by atomic mass is 10.1. The Balaban J connectivity index is 2.54. The molecule has 0 aromatic rings. The van der Waals surface area contributed by atoms with Crippen LogP contribution < -0.4 is 0 Å². The third-order valence-corrected chi connectivity index (χ3v) is 1.64. The second-order valence-corrected chi connectivity index (χ2v) is 2.70. The van der Waals surface area contributed by atoms with Gasteiger partial charge in [-0.1, -0.05) is 13.0 Å². The van der Waals surface area contributed by atoms with Gasteiger partial charge in [-0.25, -0.2) is 0 Å². The minimum atomic E-state index is -0.118. The van der Waals surface area contributed by atoms with Crippen LogP contribution in [0.25, 0.3) is 0 Å². The molecule has 1 saturated heterocycles. The first-order valence-corrected chi connectivity index (χ1v) is 3.76. The molecule has 1 heterocycles. The molecule has 2 nitrogen and oxygen atoms in total. The first-order valence-electron chi connectivity index (χ1n) is 3.76. The van der Waals surface area contributed by atoms with Crippen molar-refractivity contribution in [2.45, 2.75) is 19.8 Å². The SMILES string of the molecule is C=CC(C)/C=C1\CCC(=O)O1. The van der Waals surface area contributed by atoms with E-state index in [1.165, 1.54) is 0 Å². The Labute approximate surface area is 66.5 Å². The maximum Gasteiger partial charge on any atom is 0.311 e. The summed E-state index contributed by atoms with van der Waals surface area (Å²) in [7, 11) is 0. The van der Waals surface area contributed by atoms with Gasteiger partial charge in [0.2, 0.25) is 0 Å². The molecular weight excluding hydrogens is 140 g/mol. The second-order valence-electron chi connectivity index (χ2n) is 2.70. The monoisotopic (exact) mass is 152 g/mol. The Morgan fingerprint density at radius 1 is 1.64 bits per heavy atom. The van der Waals surface area contributed by atoms with Crippen LogP contribution in [0.3, 0.4) is 0 Å². The van der Waals surface area contributed by atoms with E-state index in [1.807, 2.05) is 19.1 Å². The van der Waals surface area contributed by atoms with Crippen LogP contribution >= 0.6 is 0 Å². The molecule has 0 radical (unpaired) electrons. The van der Waals surface area contributed by atoms with Gasteiger partial charge >= 0.3 is 5.97 Å². The number of carbonyl (C=O) groups excluding carboxylic acids is 1. The maximum absolute atomic E-state index is 10.6. The van der Waals surface area contributed by atoms with Crippen molar-refractivity contribution in [3.63, 3.8) is 0 Å². The first kappa shape index (κ1) is 8.05. The van der Waals surface area contributed by atoms with Gasteiger partial charge in [0.1, 0.15) is 5.76 Å². The largest absolute Gasteiger partial charge is 0.431 e. The van der Waals surface area contributed by atoms with Crippen LogP contribution in [0.4, 0.5) is 0 Å². The summed E-state index contributed by atoms with van der Waals surface area (Å²) in [4.78, 5) is 10.6. The zero-order valence-corrected chi connectivity index (χ0v) is 6.67. The Morgan fingerprint density at radius 3 is 2.82 bits per heavy atom. The second kappa shape index (κ2) is 3.37. The molecule has 0 amide bonds. The van der Waals surface area contributed by atoms with Gasteiger partial charge in [-0.3, -0.25) is 4.79 Å². The molecule has 1 fully saturated rings. The molecule has 0 bridgehead atoms. The molecule has 1 unspecified atom stereocenters. The van der Waals surface area contributed by atoms with E-state index in [2.05, 4.69) is 6.58 Å². The van der Waals surface area contributed by atoms with Crippen LogP contribution in [0.5, 0.6) is 0 Å². The van der Waals surface area contributed by atoms with E-state index in [9.17, 15) is 4.79 Å². The predicted octanol–water partition coefficient (Wildman–Crippen LogP) is 2.03. The third-order valence-electron chi connectivity index (χ3n) is 1.64. The molecule has 1 rings (SSSR count). The van der Waals surface area contributed by atoms with Crippen molar-refractivity contribution in [3.8, 4) is 0 Å². The lowest BCUT2D eigenvalue weighted by molar-refractivity contribution is -0.135. The van der Waals surface area contributed by atoms with Crippen LogP contribution in [0, 0.1) is 5.92 Å². The summed E-state index contributed by atoms with van der Waals surface area (Å²) in [6, 6.07) is 0. The van der Waals surface area contributed by atoms with E-state index >= 15 is 0 Å². The minimum absolute atomic E-state index is 0.118. The van der Waals surface area contributed by atoms with Gasteiger partial charge in [0, 0.05) is 6.42 Å². The van der Waals surface area contributed by atoms with Crippen LogP contribution in [-0.4, -0.2) is 5.97 Å². The fourth-order valence-electron chi connectivity index (χ4n) is 0.952. The summed E-state index contributed by atoms with van der Waals surface area (Å²) < 4.78 is 4.91. The van der Waals surface area contributed by atoms with E-state index in [0.29, 0.717) is 6.42 Å². The first-order chi connectivity index (χ1) is 5.22. The fraction of sp³-hybridized carbons (Fsp3) is 0.444. The van der Waals surface area contributed by atoms with Crippen molar-refractivity contribution in [1.82, 2.24) is 0 Å². The zero-order valence-electron chi connectivity index (χ0n) is 6.67. The molecule has 0 saturated carbocycles.